The fraction of sp³-hybridized carbons (Fsp3) is 0.371. The van der Waals surface area contributed by atoms with E-state index in [1.165, 1.54) is 0 Å². The van der Waals surface area contributed by atoms with Gasteiger partial charge in [0.05, 0.1) is 12.6 Å². The van der Waals surface area contributed by atoms with Crippen molar-refractivity contribution in [1.29, 1.82) is 0 Å². The summed E-state index contributed by atoms with van der Waals surface area (Å²) in [5.74, 6) is -1.50. The Bertz CT molecular complexity index is 1400. The van der Waals surface area contributed by atoms with Crippen LogP contribution in [0.15, 0.2) is 91.0 Å². The second kappa shape index (κ2) is 15.3. The van der Waals surface area contributed by atoms with Crippen LogP contribution in [0.3, 0.4) is 0 Å². The summed E-state index contributed by atoms with van der Waals surface area (Å²) in [6, 6.07) is 25.1. The van der Waals surface area contributed by atoms with Crippen LogP contribution in [-0.2, 0) is 43.3 Å². The topological polar surface area (TPSA) is 126 Å². The summed E-state index contributed by atoms with van der Waals surface area (Å²) in [6.45, 7) is 5.82. The molecule has 0 aromatic heterocycles. The first kappa shape index (κ1) is 32.4. The van der Waals surface area contributed by atoms with Crippen LogP contribution in [0.1, 0.15) is 43.9 Å². The quantitative estimate of drug-likeness (QED) is 0.226. The summed E-state index contributed by atoms with van der Waals surface area (Å²) < 4.78 is 10.8. The van der Waals surface area contributed by atoms with E-state index in [9.17, 15) is 19.2 Å². The molecule has 232 valence electrons. The standard InChI is InChI=1S/C35H41N3O6/c1-4-24(2)30(38-34(42)43-22-27-18-12-7-13-19-27)33(41)37-29(21-26-16-10-6-11-17-26)32(40)36-28(31(39)35(3)23-44-35)20-25-14-8-5-9-15-25/h5-19,24,28-30H,4,20-23H2,1-3H3,(H,36,40)(H,37,41)(H,38,42)/t24-,28-,29-,30?,35?/m0/s1. The zero-order valence-corrected chi connectivity index (χ0v) is 25.5. The monoisotopic (exact) mass is 599 g/mol. The number of carbonyl (C=O) groups is 4. The highest BCUT2D eigenvalue weighted by Gasteiger charge is 2.50. The second-order valence-electron chi connectivity index (χ2n) is 11.5. The molecule has 0 radical (unpaired) electrons. The first-order valence-electron chi connectivity index (χ1n) is 15.0. The van der Waals surface area contributed by atoms with Gasteiger partial charge >= 0.3 is 6.09 Å². The number of carbonyl (C=O) groups excluding carboxylic acids is 4. The van der Waals surface area contributed by atoms with Crippen LogP contribution in [0, 0.1) is 5.92 Å². The molecule has 4 rings (SSSR count). The maximum Gasteiger partial charge on any atom is 0.408 e. The lowest BCUT2D eigenvalue weighted by Gasteiger charge is -2.28. The predicted octanol–water partition coefficient (Wildman–Crippen LogP) is 4.14. The molecule has 2 unspecified atom stereocenters. The Morgan fingerprint density at radius 2 is 1.23 bits per heavy atom. The number of epoxide rings is 1. The normalized spacial score (nSPS) is 18.2. The van der Waals surface area contributed by atoms with Crippen LogP contribution in [-0.4, -0.2) is 54.0 Å². The number of Topliss-reactive ketones (excluding diaryl/α,β-unsaturated/α-hetero) is 1. The van der Waals surface area contributed by atoms with Crippen LogP contribution in [0.5, 0.6) is 0 Å². The highest BCUT2D eigenvalue weighted by molar-refractivity contribution is 5.98. The SMILES string of the molecule is CC[C@H](C)C(NC(=O)OCc1ccccc1)C(=O)N[C@@H](Cc1ccccc1)C(=O)N[C@@H](Cc1ccccc1)C(=O)C1(C)CO1. The molecule has 1 aliphatic heterocycles. The van der Waals surface area contributed by atoms with Gasteiger partial charge in [0.25, 0.3) is 0 Å². The van der Waals surface area contributed by atoms with Gasteiger partial charge in [-0.05, 0) is 36.0 Å². The zero-order valence-electron chi connectivity index (χ0n) is 25.5. The lowest BCUT2D eigenvalue weighted by Crippen LogP contribution is -2.58. The third-order valence-corrected chi connectivity index (χ3v) is 7.91. The Morgan fingerprint density at radius 3 is 1.73 bits per heavy atom. The lowest BCUT2D eigenvalue weighted by atomic mass is 9.94. The van der Waals surface area contributed by atoms with E-state index < -0.39 is 41.6 Å². The van der Waals surface area contributed by atoms with E-state index in [1.807, 2.05) is 105 Å². The van der Waals surface area contributed by atoms with E-state index in [-0.39, 0.29) is 31.1 Å². The molecule has 1 aliphatic rings. The summed E-state index contributed by atoms with van der Waals surface area (Å²) in [5, 5.41) is 8.45. The van der Waals surface area contributed by atoms with Gasteiger partial charge in [0.15, 0.2) is 5.78 Å². The van der Waals surface area contributed by atoms with Crippen molar-refractivity contribution in [1.82, 2.24) is 16.0 Å². The molecule has 0 spiro atoms. The molecule has 0 saturated carbocycles. The molecule has 0 bridgehead atoms. The fourth-order valence-electron chi connectivity index (χ4n) is 4.86. The maximum absolute atomic E-state index is 13.8. The molecule has 0 aliphatic carbocycles. The van der Waals surface area contributed by atoms with E-state index in [1.54, 1.807) is 6.92 Å². The fourth-order valence-corrected chi connectivity index (χ4v) is 4.86. The minimum atomic E-state index is -1.02. The largest absolute Gasteiger partial charge is 0.445 e. The van der Waals surface area contributed by atoms with Gasteiger partial charge in [0.1, 0.15) is 24.3 Å². The Kier molecular flexibility index (Phi) is 11.3. The molecule has 3 aromatic rings. The summed E-state index contributed by atoms with van der Waals surface area (Å²) in [4.78, 5) is 53.7. The molecule has 44 heavy (non-hydrogen) atoms. The number of hydrogen-bond donors (Lipinski definition) is 3. The van der Waals surface area contributed by atoms with Crippen molar-refractivity contribution in [2.45, 2.75) is 70.4 Å². The first-order chi connectivity index (χ1) is 21.2. The van der Waals surface area contributed by atoms with Crippen molar-refractivity contribution in [3.8, 4) is 0 Å². The molecular weight excluding hydrogens is 558 g/mol. The lowest BCUT2D eigenvalue weighted by molar-refractivity contribution is -0.133. The number of ether oxygens (including phenoxy) is 2. The number of hydrogen-bond acceptors (Lipinski definition) is 6. The van der Waals surface area contributed by atoms with Gasteiger partial charge in [0, 0.05) is 6.42 Å². The van der Waals surface area contributed by atoms with Gasteiger partial charge < -0.3 is 25.4 Å². The van der Waals surface area contributed by atoms with Crippen molar-refractivity contribution in [3.05, 3.63) is 108 Å². The average Bonchev–Trinajstić information content (AvgIpc) is 3.80. The average molecular weight is 600 g/mol. The number of benzene rings is 3. The molecule has 9 heteroatoms. The molecule has 1 fully saturated rings. The van der Waals surface area contributed by atoms with Gasteiger partial charge in [-0.3, -0.25) is 14.4 Å². The summed E-state index contributed by atoms with van der Waals surface area (Å²) in [7, 11) is 0. The highest BCUT2D eigenvalue weighted by Crippen LogP contribution is 2.29. The number of nitrogens with one attached hydrogen (secondary N) is 3. The van der Waals surface area contributed by atoms with E-state index >= 15 is 0 Å². The van der Waals surface area contributed by atoms with Crippen LogP contribution in [0.4, 0.5) is 4.79 Å². The van der Waals surface area contributed by atoms with Crippen molar-refractivity contribution >= 4 is 23.7 Å². The summed E-state index contributed by atoms with van der Waals surface area (Å²) in [5.41, 5.74) is 1.58. The first-order valence-corrected chi connectivity index (χ1v) is 15.0. The van der Waals surface area contributed by atoms with Crippen molar-refractivity contribution in [2.75, 3.05) is 6.61 Å². The van der Waals surface area contributed by atoms with E-state index in [0.717, 1.165) is 16.7 Å². The van der Waals surface area contributed by atoms with Crippen molar-refractivity contribution in [3.63, 3.8) is 0 Å². The number of amides is 3. The number of alkyl carbamates (subject to hydrolysis) is 1. The zero-order chi connectivity index (χ0) is 31.5. The Hall–Kier alpha value is -4.50. The molecule has 9 nitrogen and oxygen atoms in total. The van der Waals surface area contributed by atoms with E-state index in [2.05, 4.69) is 16.0 Å². The summed E-state index contributed by atoms with van der Waals surface area (Å²) >= 11 is 0. The van der Waals surface area contributed by atoms with Gasteiger partial charge in [-0.1, -0.05) is 111 Å². The van der Waals surface area contributed by atoms with Gasteiger partial charge in [-0.15, -0.1) is 0 Å². The second-order valence-corrected chi connectivity index (χ2v) is 11.5. The molecular formula is C35H41N3O6. The van der Waals surface area contributed by atoms with E-state index in [4.69, 9.17) is 9.47 Å². The van der Waals surface area contributed by atoms with Gasteiger partial charge in [-0.2, -0.15) is 0 Å². The van der Waals surface area contributed by atoms with Crippen LogP contribution in [0.2, 0.25) is 0 Å². The molecule has 3 N–H and O–H groups in total. The van der Waals surface area contributed by atoms with Crippen molar-refractivity contribution in [2.24, 2.45) is 5.92 Å². The summed E-state index contributed by atoms with van der Waals surface area (Å²) in [6.07, 6.45) is 0.327. The minimum Gasteiger partial charge on any atom is -0.445 e. The third kappa shape index (κ3) is 9.25. The van der Waals surface area contributed by atoms with Crippen LogP contribution in [0.25, 0.3) is 0 Å². The highest BCUT2D eigenvalue weighted by atomic mass is 16.6. The van der Waals surface area contributed by atoms with Crippen molar-refractivity contribution < 1.29 is 28.7 Å². The Morgan fingerprint density at radius 1 is 0.750 bits per heavy atom. The molecule has 3 aromatic carbocycles. The van der Waals surface area contributed by atoms with Gasteiger partial charge in [-0.25, -0.2) is 4.79 Å². The smallest absolute Gasteiger partial charge is 0.408 e. The number of ketones is 1. The molecule has 5 atom stereocenters. The Labute approximate surface area is 258 Å². The van der Waals surface area contributed by atoms with E-state index in [0.29, 0.717) is 13.0 Å². The molecule has 1 heterocycles. The molecule has 3 amide bonds. The van der Waals surface area contributed by atoms with Gasteiger partial charge in [0.2, 0.25) is 11.8 Å². The third-order valence-electron chi connectivity index (χ3n) is 7.91. The number of rotatable bonds is 15. The Balaban J connectivity index is 1.50. The maximum atomic E-state index is 13.8. The van der Waals surface area contributed by atoms with Crippen LogP contribution >= 0.6 is 0 Å². The predicted molar refractivity (Wildman–Crippen MR) is 167 cm³/mol. The molecule has 1 saturated heterocycles. The van der Waals surface area contributed by atoms with Crippen LogP contribution < -0.4 is 16.0 Å². The minimum absolute atomic E-state index is 0.0556.